The van der Waals surface area contributed by atoms with Crippen molar-refractivity contribution in [3.63, 3.8) is 0 Å². The van der Waals surface area contributed by atoms with Crippen molar-refractivity contribution in [1.82, 2.24) is 0 Å². The molecule has 0 heterocycles. The average molecular weight is 228 g/mol. The molecule has 3 nitrogen and oxygen atoms in total. The van der Waals surface area contributed by atoms with Crippen LogP contribution in [0.4, 0.5) is 5.69 Å². The zero-order valence-corrected chi connectivity index (χ0v) is 9.58. The molecule has 0 radical (unpaired) electrons. The van der Waals surface area contributed by atoms with Gasteiger partial charge in [0, 0.05) is 20.5 Å². The third-order valence-corrected chi connectivity index (χ3v) is 2.42. The minimum absolute atomic E-state index is 0.137. The maximum atomic E-state index is 10.4. The molecule has 0 spiro atoms. The van der Waals surface area contributed by atoms with Crippen LogP contribution in [0.15, 0.2) is 18.2 Å². The molecule has 0 unspecified atom stereocenters. The zero-order valence-electron chi connectivity index (χ0n) is 8.83. The van der Waals surface area contributed by atoms with Gasteiger partial charge in [0.15, 0.2) is 0 Å². The third kappa shape index (κ3) is 3.44. The SMILES string of the molecule is CN(C)c1ccc(CCC(=O)O)cc1Cl. The Morgan fingerprint density at radius 1 is 1.47 bits per heavy atom. The van der Waals surface area contributed by atoms with E-state index in [-0.39, 0.29) is 6.42 Å². The summed E-state index contributed by atoms with van der Waals surface area (Å²) in [5, 5.41) is 9.20. The summed E-state index contributed by atoms with van der Waals surface area (Å²) in [5.74, 6) is -0.789. The number of halogens is 1. The van der Waals surface area contributed by atoms with E-state index in [0.29, 0.717) is 11.4 Å². The lowest BCUT2D eigenvalue weighted by Gasteiger charge is -2.14. The molecule has 1 aromatic carbocycles. The second-order valence-corrected chi connectivity index (χ2v) is 3.98. The largest absolute Gasteiger partial charge is 0.481 e. The Morgan fingerprint density at radius 2 is 2.13 bits per heavy atom. The van der Waals surface area contributed by atoms with Gasteiger partial charge in [-0.25, -0.2) is 0 Å². The molecule has 15 heavy (non-hydrogen) atoms. The van der Waals surface area contributed by atoms with Gasteiger partial charge in [-0.05, 0) is 24.1 Å². The van der Waals surface area contributed by atoms with Crippen molar-refractivity contribution in [3.8, 4) is 0 Å². The summed E-state index contributed by atoms with van der Waals surface area (Å²) >= 11 is 6.05. The molecule has 1 rings (SSSR count). The van der Waals surface area contributed by atoms with Crippen molar-refractivity contribution >= 4 is 23.3 Å². The minimum atomic E-state index is -0.789. The molecule has 0 amide bonds. The molecule has 0 fully saturated rings. The fraction of sp³-hybridized carbons (Fsp3) is 0.364. The number of carbonyl (C=O) groups is 1. The van der Waals surface area contributed by atoms with Gasteiger partial charge in [0.2, 0.25) is 0 Å². The first-order valence-electron chi connectivity index (χ1n) is 4.68. The van der Waals surface area contributed by atoms with Crippen molar-refractivity contribution in [2.45, 2.75) is 12.8 Å². The van der Waals surface area contributed by atoms with Gasteiger partial charge in [0.05, 0.1) is 10.7 Å². The smallest absolute Gasteiger partial charge is 0.303 e. The summed E-state index contributed by atoms with van der Waals surface area (Å²) < 4.78 is 0. The molecule has 0 saturated heterocycles. The molecule has 0 saturated carbocycles. The number of anilines is 1. The Kier molecular flexibility index (Phi) is 3.97. The number of hydrogen-bond donors (Lipinski definition) is 1. The fourth-order valence-electron chi connectivity index (χ4n) is 1.32. The van der Waals surface area contributed by atoms with Crippen molar-refractivity contribution in [3.05, 3.63) is 28.8 Å². The summed E-state index contributed by atoms with van der Waals surface area (Å²) in [4.78, 5) is 12.3. The van der Waals surface area contributed by atoms with Gasteiger partial charge in [0.25, 0.3) is 0 Å². The normalized spacial score (nSPS) is 10.1. The number of carboxylic acids is 1. The van der Waals surface area contributed by atoms with Crippen LogP contribution >= 0.6 is 11.6 Å². The first kappa shape index (κ1) is 11.9. The molecule has 0 atom stereocenters. The van der Waals surface area contributed by atoms with E-state index in [1.54, 1.807) is 0 Å². The predicted molar refractivity (Wildman–Crippen MR) is 61.7 cm³/mol. The lowest BCUT2D eigenvalue weighted by molar-refractivity contribution is -0.136. The molecular formula is C11H14ClNO2. The minimum Gasteiger partial charge on any atom is -0.481 e. The lowest BCUT2D eigenvalue weighted by Crippen LogP contribution is -2.09. The molecule has 1 aromatic rings. The highest BCUT2D eigenvalue weighted by Crippen LogP contribution is 2.25. The number of hydrogen-bond acceptors (Lipinski definition) is 2. The maximum Gasteiger partial charge on any atom is 0.303 e. The summed E-state index contributed by atoms with van der Waals surface area (Å²) in [6, 6.07) is 5.63. The highest BCUT2D eigenvalue weighted by molar-refractivity contribution is 6.33. The molecule has 4 heteroatoms. The van der Waals surface area contributed by atoms with Crippen LogP contribution in [0, 0.1) is 0 Å². The molecule has 0 aliphatic rings. The zero-order chi connectivity index (χ0) is 11.4. The average Bonchev–Trinajstić information content (AvgIpc) is 2.14. The van der Waals surface area contributed by atoms with Gasteiger partial charge >= 0.3 is 5.97 Å². The van der Waals surface area contributed by atoms with E-state index < -0.39 is 5.97 Å². The van der Waals surface area contributed by atoms with Gasteiger partial charge in [0.1, 0.15) is 0 Å². The van der Waals surface area contributed by atoms with Crippen LogP contribution in [0.25, 0.3) is 0 Å². The van der Waals surface area contributed by atoms with E-state index in [0.717, 1.165) is 11.3 Å². The Balaban J connectivity index is 2.77. The van der Waals surface area contributed by atoms with Crippen LogP contribution in [0.2, 0.25) is 5.02 Å². The van der Waals surface area contributed by atoms with E-state index >= 15 is 0 Å². The fourth-order valence-corrected chi connectivity index (χ4v) is 1.69. The number of benzene rings is 1. The van der Waals surface area contributed by atoms with Crippen LogP contribution in [0.3, 0.4) is 0 Å². The van der Waals surface area contributed by atoms with Crippen LogP contribution in [-0.4, -0.2) is 25.2 Å². The van der Waals surface area contributed by atoms with E-state index in [4.69, 9.17) is 16.7 Å². The quantitative estimate of drug-likeness (QED) is 0.859. The highest BCUT2D eigenvalue weighted by atomic mass is 35.5. The topological polar surface area (TPSA) is 40.5 Å². The van der Waals surface area contributed by atoms with E-state index in [1.165, 1.54) is 0 Å². The summed E-state index contributed by atoms with van der Waals surface area (Å²) in [5.41, 5.74) is 1.89. The number of aliphatic carboxylic acids is 1. The van der Waals surface area contributed by atoms with E-state index in [1.807, 2.05) is 37.2 Å². The van der Waals surface area contributed by atoms with Crippen LogP contribution < -0.4 is 4.90 Å². The number of rotatable bonds is 4. The number of carboxylic acid groups (broad SMARTS) is 1. The predicted octanol–water partition coefficient (Wildman–Crippen LogP) is 2.42. The first-order valence-corrected chi connectivity index (χ1v) is 5.06. The molecule has 0 aliphatic carbocycles. The van der Waals surface area contributed by atoms with Crippen molar-refractivity contribution in [2.24, 2.45) is 0 Å². The third-order valence-electron chi connectivity index (χ3n) is 2.12. The van der Waals surface area contributed by atoms with Crippen LogP contribution in [0.1, 0.15) is 12.0 Å². The molecule has 0 aromatic heterocycles. The van der Waals surface area contributed by atoms with Crippen molar-refractivity contribution in [1.29, 1.82) is 0 Å². The molecule has 1 N–H and O–H groups in total. The summed E-state index contributed by atoms with van der Waals surface area (Å²) in [7, 11) is 3.83. The standard InChI is InChI=1S/C11H14ClNO2/c1-13(2)10-5-3-8(7-9(10)12)4-6-11(14)15/h3,5,7H,4,6H2,1-2H3,(H,14,15). The van der Waals surface area contributed by atoms with Crippen molar-refractivity contribution < 1.29 is 9.90 Å². The maximum absolute atomic E-state index is 10.4. The summed E-state index contributed by atoms with van der Waals surface area (Å²) in [6.45, 7) is 0. The van der Waals surface area contributed by atoms with Crippen LogP contribution in [0.5, 0.6) is 0 Å². The lowest BCUT2D eigenvalue weighted by atomic mass is 10.1. The Labute approximate surface area is 94.3 Å². The molecule has 0 aliphatic heterocycles. The first-order chi connectivity index (χ1) is 7.00. The van der Waals surface area contributed by atoms with Gasteiger partial charge in [-0.2, -0.15) is 0 Å². The summed E-state index contributed by atoms with van der Waals surface area (Å²) in [6.07, 6.45) is 0.653. The van der Waals surface area contributed by atoms with Gasteiger partial charge < -0.3 is 10.0 Å². The Hall–Kier alpha value is -1.22. The molecule has 0 bridgehead atoms. The monoisotopic (exact) mass is 227 g/mol. The van der Waals surface area contributed by atoms with Gasteiger partial charge in [-0.3, -0.25) is 4.79 Å². The van der Waals surface area contributed by atoms with Crippen molar-refractivity contribution in [2.75, 3.05) is 19.0 Å². The van der Waals surface area contributed by atoms with Gasteiger partial charge in [-0.15, -0.1) is 0 Å². The van der Waals surface area contributed by atoms with E-state index in [2.05, 4.69) is 0 Å². The molecule has 82 valence electrons. The number of aryl methyl sites for hydroxylation is 1. The highest BCUT2D eigenvalue weighted by Gasteiger charge is 2.05. The Bertz CT molecular complexity index is 364. The van der Waals surface area contributed by atoms with Gasteiger partial charge in [-0.1, -0.05) is 17.7 Å². The second kappa shape index (κ2) is 5.03. The number of nitrogens with zero attached hydrogens (tertiary/aromatic N) is 1. The van der Waals surface area contributed by atoms with E-state index in [9.17, 15) is 4.79 Å². The van der Waals surface area contributed by atoms with Crippen LogP contribution in [-0.2, 0) is 11.2 Å². The second-order valence-electron chi connectivity index (χ2n) is 3.57. The Morgan fingerprint density at radius 3 is 2.60 bits per heavy atom. The molecular weight excluding hydrogens is 214 g/mol.